The second-order valence-corrected chi connectivity index (χ2v) is 6.52. The van der Waals surface area contributed by atoms with E-state index in [-0.39, 0.29) is 11.8 Å². The van der Waals surface area contributed by atoms with Gasteiger partial charge in [-0.3, -0.25) is 4.79 Å². The van der Waals surface area contributed by atoms with E-state index >= 15 is 0 Å². The van der Waals surface area contributed by atoms with E-state index < -0.39 is 0 Å². The van der Waals surface area contributed by atoms with E-state index in [1.807, 2.05) is 4.90 Å². The van der Waals surface area contributed by atoms with Gasteiger partial charge in [-0.15, -0.1) is 0 Å². The van der Waals surface area contributed by atoms with Gasteiger partial charge in [-0.2, -0.15) is 0 Å². The highest BCUT2D eigenvalue weighted by Gasteiger charge is 2.32. The highest BCUT2D eigenvalue weighted by molar-refractivity contribution is 5.95. The second-order valence-electron chi connectivity index (χ2n) is 6.52. The van der Waals surface area contributed by atoms with Crippen LogP contribution in [0.4, 0.5) is 0 Å². The van der Waals surface area contributed by atoms with Crippen molar-refractivity contribution in [3.8, 4) is 0 Å². The first-order valence-corrected chi connectivity index (χ1v) is 7.96. The van der Waals surface area contributed by atoms with Crippen molar-refractivity contribution < 1.29 is 4.79 Å². The van der Waals surface area contributed by atoms with Gasteiger partial charge in [-0.1, -0.05) is 13.8 Å². The predicted molar refractivity (Wildman–Crippen MR) is 81.1 cm³/mol. The summed E-state index contributed by atoms with van der Waals surface area (Å²) in [5.74, 6) is 1.81. The number of aromatic nitrogens is 2. The molecule has 2 saturated heterocycles. The lowest BCUT2D eigenvalue weighted by Gasteiger charge is -2.22. The van der Waals surface area contributed by atoms with Crippen LogP contribution < -0.4 is 5.32 Å². The van der Waals surface area contributed by atoms with Gasteiger partial charge in [0.1, 0.15) is 6.33 Å². The Morgan fingerprint density at radius 1 is 1.29 bits per heavy atom. The minimum Gasteiger partial charge on any atom is -0.339 e. The van der Waals surface area contributed by atoms with Crippen molar-refractivity contribution in [1.29, 1.82) is 0 Å². The molecular formula is C16H24N4O. The van der Waals surface area contributed by atoms with Gasteiger partial charge in [-0.25, -0.2) is 9.97 Å². The van der Waals surface area contributed by atoms with Crippen LogP contribution in [0.3, 0.4) is 0 Å². The molecule has 5 heteroatoms. The maximum atomic E-state index is 12.8. The number of carbonyl (C=O) groups is 1. The summed E-state index contributed by atoms with van der Waals surface area (Å²) >= 11 is 0. The fraction of sp³-hybridized carbons (Fsp3) is 0.688. The van der Waals surface area contributed by atoms with Crippen LogP contribution in [0.5, 0.6) is 0 Å². The zero-order chi connectivity index (χ0) is 14.8. The second kappa shape index (κ2) is 6.10. The Balaban J connectivity index is 1.76. The molecule has 21 heavy (non-hydrogen) atoms. The number of amides is 1. The van der Waals surface area contributed by atoms with Crippen molar-refractivity contribution in [2.45, 2.75) is 32.6 Å². The zero-order valence-corrected chi connectivity index (χ0v) is 12.9. The predicted octanol–water partition coefficient (Wildman–Crippen LogP) is 1.67. The van der Waals surface area contributed by atoms with Crippen molar-refractivity contribution in [1.82, 2.24) is 20.2 Å². The lowest BCUT2D eigenvalue weighted by molar-refractivity contribution is 0.0756. The van der Waals surface area contributed by atoms with Gasteiger partial charge in [0.2, 0.25) is 0 Å². The normalized spacial score (nSPS) is 25.8. The molecule has 0 spiro atoms. The van der Waals surface area contributed by atoms with Crippen LogP contribution in [0, 0.1) is 11.8 Å². The molecule has 3 heterocycles. The highest BCUT2D eigenvalue weighted by atomic mass is 16.2. The highest BCUT2D eigenvalue weighted by Crippen LogP contribution is 2.28. The van der Waals surface area contributed by atoms with Crippen molar-refractivity contribution in [2.75, 3.05) is 26.2 Å². The van der Waals surface area contributed by atoms with E-state index in [1.54, 1.807) is 6.20 Å². The third kappa shape index (κ3) is 2.93. The molecule has 1 aromatic rings. The molecule has 1 N–H and O–H groups in total. The maximum absolute atomic E-state index is 12.8. The molecule has 0 unspecified atom stereocenters. The Kier molecular flexibility index (Phi) is 4.19. The van der Waals surface area contributed by atoms with Crippen LogP contribution in [-0.4, -0.2) is 47.0 Å². The number of nitrogens with one attached hydrogen (secondary N) is 1. The summed E-state index contributed by atoms with van der Waals surface area (Å²) in [6.07, 6.45) is 5.42. The molecule has 0 aliphatic carbocycles. The molecule has 0 bridgehead atoms. The maximum Gasteiger partial charge on any atom is 0.257 e. The van der Waals surface area contributed by atoms with Gasteiger partial charge in [0.25, 0.3) is 5.91 Å². The summed E-state index contributed by atoms with van der Waals surface area (Å²) in [7, 11) is 0. The summed E-state index contributed by atoms with van der Waals surface area (Å²) in [4.78, 5) is 23.2. The molecule has 1 amide bonds. The summed E-state index contributed by atoms with van der Waals surface area (Å²) in [6, 6.07) is 0. The Morgan fingerprint density at radius 2 is 1.95 bits per heavy atom. The Morgan fingerprint density at radius 3 is 2.57 bits per heavy atom. The van der Waals surface area contributed by atoms with E-state index in [0.29, 0.717) is 5.56 Å². The largest absolute Gasteiger partial charge is 0.339 e. The molecule has 0 radical (unpaired) electrons. The van der Waals surface area contributed by atoms with E-state index in [9.17, 15) is 4.79 Å². The molecule has 3 rings (SSSR count). The topological polar surface area (TPSA) is 58.1 Å². The molecule has 2 atom stereocenters. The number of likely N-dealkylation sites (tertiary alicyclic amines) is 1. The van der Waals surface area contributed by atoms with Gasteiger partial charge in [0.05, 0.1) is 11.3 Å². The quantitative estimate of drug-likeness (QED) is 0.899. The minimum atomic E-state index is 0.104. The molecule has 0 saturated carbocycles. The number of nitrogens with zero attached hydrogens (tertiary/aromatic N) is 3. The standard InChI is InChI=1S/C16H24N4O/c1-11(2)15-14(9-18-10-19-15)16(21)20-5-3-12-7-17-8-13(12)4-6-20/h9-13,17H,3-8H2,1-2H3/t12-,13+. The molecule has 2 fully saturated rings. The minimum absolute atomic E-state index is 0.104. The third-order valence-corrected chi connectivity index (χ3v) is 4.83. The first-order valence-electron chi connectivity index (χ1n) is 7.96. The summed E-state index contributed by atoms with van der Waals surface area (Å²) < 4.78 is 0. The van der Waals surface area contributed by atoms with Crippen molar-refractivity contribution >= 4 is 5.91 Å². The number of carbonyl (C=O) groups excluding carboxylic acids is 1. The molecule has 1 aromatic heterocycles. The van der Waals surface area contributed by atoms with E-state index in [0.717, 1.165) is 56.6 Å². The Bertz CT molecular complexity index is 503. The molecule has 114 valence electrons. The monoisotopic (exact) mass is 288 g/mol. The van der Waals surface area contributed by atoms with Gasteiger partial charge < -0.3 is 10.2 Å². The molecule has 2 aliphatic heterocycles. The van der Waals surface area contributed by atoms with Crippen LogP contribution in [0.25, 0.3) is 0 Å². The molecule has 5 nitrogen and oxygen atoms in total. The van der Waals surface area contributed by atoms with Crippen LogP contribution in [-0.2, 0) is 0 Å². The van der Waals surface area contributed by atoms with Crippen molar-refractivity contribution in [2.24, 2.45) is 11.8 Å². The van der Waals surface area contributed by atoms with Crippen molar-refractivity contribution in [3.63, 3.8) is 0 Å². The number of hydrogen-bond acceptors (Lipinski definition) is 4. The Labute approximate surface area is 126 Å². The molecule has 2 aliphatic rings. The number of rotatable bonds is 2. The van der Waals surface area contributed by atoms with E-state index in [2.05, 4.69) is 29.1 Å². The lowest BCUT2D eigenvalue weighted by atomic mass is 9.92. The van der Waals surface area contributed by atoms with Gasteiger partial charge >= 0.3 is 0 Å². The van der Waals surface area contributed by atoms with E-state index in [1.165, 1.54) is 6.33 Å². The Hall–Kier alpha value is -1.49. The summed E-state index contributed by atoms with van der Waals surface area (Å²) in [6.45, 7) is 8.06. The summed E-state index contributed by atoms with van der Waals surface area (Å²) in [5, 5.41) is 3.47. The van der Waals surface area contributed by atoms with Gasteiger partial charge in [0.15, 0.2) is 0 Å². The third-order valence-electron chi connectivity index (χ3n) is 4.83. The lowest BCUT2D eigenvalue weighted by Crippen LogP contribution is -2.33. The number of hydrogen-bond donors (Lipinski definition) is 1. The van der Waals surface area contributed by atoms with Crippen LogP contribution in [0.2, 0.25) is 0 Å². The SMILES string of the molecule is CC(C)c1ncncc1C(=O)N1CC[C@@H]2CNC[C@@H]2CC1. The smallest absolute Gasteiger partial charge is 0.257 e. The molecular weight excluding hydrogens is 264 g/mol. The average molecular weight is 288 g/mol. The zero-order valence-electron chi connectivity index (χ0n) is 12.9. The number of fused-ring (bicyclic) bond motifs is 1. The van der Waals surface area contributed by atoms with Crippen LogP contribution >= 0.6 is 0 Å². The van der Waals surface area contributed by atoms with Gasteiger partial charge in [0, 0.05) is 19.3 Å². The summed E-state index contributed by atoms with van der Waals surface area (Å²) in [5.41, 5.74) is 1.54. The van der Waals surface area contributed by atoms with E-state index in [4.69, 9.17) is 0 Å². The van der Waals surface area contributed by atoms with Gasteiger partial charge in [-0.05, 0) is 43.7 Å². The first kappa shape index (κ1) is 14.4. The fourth-order valence-corrected chi connectivity index (χ4v) is 3.56. The van der Waals surface area contributed by atoms with Crippen molar-refractivity contribution in [3.05, 3.63) is 23.8 Å². The first-order chi connectivity index (χ1) is 10.2. The van der Waals surface area contributed by atoms with Crippen LogP contribution in [0.1, 0.15) is 48.7 Å². The average Bonchev–Trinajstić information content (AvgIpc) is 2.85. The molecule has 0 aromatic carbocycles. The fourth-order valence-electron chi connectivity index (χ4n) is 3.56. The van der Waals surface area contributed by atoms with Crippen LogP contribution in [0.15, 0.2) is 12.5 Å².